The number of nitrogens with zero attached hydrogens (tertiary/aromatic N) is 2. The molecule has 14 aromatic rings. The largest absolute Gasteiger partial charge is 0.490 e. The minimum atomic E-state index is 0.395. The van der Waals surface area contributed by atoms with Gasteiger partial charge in [-0.1, -0.05) is 121 Å². The zero-order chi connectivity index (χ0) is 49.0. The first-order valence-electron chi connectivity index (χ1n) is 25.4. The number of hydrogen-bond acceptors (Lipinski definition) is 4. The first-order chi connectivity index (χ1) is 36.6. The molecule has 0 heterocycles. The van der Waals surface area contributed by atoms with Crippen molar-refractivity contribution in [2.24, 2.45) is 0 Å². The van der Waals surface area contributed by atoms with E-state index in [0.29, 0.717) is 13.2 Å². The highest BCUT2D eigenvalue weighted by Gasteiger charge is 2.17. The Bertz CT molecular complexity index is 3930. The van der Waals surface area contributed by atoms with Gasteiger partial charge in [0.2, 0.25) is 0 Å². The molecule has 0 saturated carbocycles. The lowest BCUT2D eigenvalue weighted by Gasteiger charge is -2.26. The van der Waals surface area contributed by atoms with Crippen LogP contribution in [0.4, 0.5) is 34.1 Å². The second kappa shape index (κ2) is 18.2. The molecule has 0 fully saturated rings. The average molecular weight is 949 g/mol. The van der Waals surface area contributed by atoms with Crippen LogP contribution in [0.25, 0.3) is 86.2 Å². The zero-order valence-corrected chi connectivity index (χ0v) is 40.5. The summed E-state index contributed by atoms with van der Waals surface area (Å²) in [5.74, 6) is 1.56. The highest BCUT2D eigenvalue weighted by Crippen LogP contribution is 2.42. The number of fused-ring (bicyclic) bond motifs is 8. The lowest BCUT2D eigenvalue weighted by molar-refractivity contribution is 0.217. The molecule has 14 aromatic carbocycles. The van der Waals surface area contributed by atoms with Crippen molar-refractivity contribution in [2.45, 2.75) is 0 Å². The van der Waals surface area contributed by atoms with Gasteiger partial charge in [-0.05, 0) is 232 Å². The Balaban J connectivity index is 0.718. The molecular weight excluding hydrogens is 901 g/mol. The second-order valence-electron chi connectivity index (χ2n) is 19.3. The van der Waals surface area contributed by atoms with Crippen LogP contribution in [0.5, 0.6) is 11.5 Å². The third-order valence-corrected chi connectivity index (χ3v) is 14.6. The maximum atomic E-state index is 6.32. The van der Waals surface area contributed by atoms with Gasteiger partial charge in [-0.3, -0.25) is 0 Å². The summed E-state index contributed by atoms with van der Waals surface area (Å²) in [6.45, 7) is 0.789. The molecule has 0 bridgehead atoms. The molecular formula is C70H48N2O2. The first kappa shape index (κ1) is 43.2. The van der Waals surface area contributed by atoms with Gasteiger partial charge in [0.25, 0.3) is 0 Å². The Labute approximate surface area is 429 Å². The van der Waals surface area contributed by atoms with E-state index in [0.717, 1.165) is 45.6 Å². The molecule has 0 amide bonds. The minimum absolute atomic E-state index is 0.395. The molecule has 0 aliphatic rings. The molecule has 4 heteroatoms. The lowest BCUT2D eigenvalue weighted by atomic mass is 10.0. The zero-order valence-electron chi connectivity index (χ0n) is 40.5. The highest BCUT2D eigenvalue weighted by atomic mass is 16.5. The third kappa shape index (κ3) is 8.19. The van der Waals surface area contributed by atoms with Gasteiger partial charge >= 0.3 is 0 Å². The lowest BCUT2D eigenvalue weighted by Crippen LogP contribution is -2.11. The summed E-state index contributed by atoms with van der Waals surface area (Å²) in [4.78, 5) is 4.68. The predicted molar refractivity (Wildman–Crippen MR) is 313 cm³/mol. The number of ether oxygens (including phenoxy) is 2. The van der Waals surface area contributed by atoms with Crippen molar-refractivity contribution in [1.29, 1.82) is 0 Å². The highest BCUT2D eigenvalue weighted by molar-refractivity contribution is 6.04. The van der Waals surface area contributed by atoms with Crippen molar-refractivity contribution in [2.75, 3.05) is 23.0 Å². The van der Waals surface area contributed by atoms with Crippen molar-refractivity contribution in [3.8, 4) is 11.5 Å². The van der Waals surface area contributed by atoms with E-state index in [2.05, 4.69) is 277 Å². The van der Waals surface area contributed by atoms with Crippen LogP contribution >= 0.6 is 0 Å². The molecule has 0 aliphatic carbocycles. The number of hydrogen-bond donors (Lipinski definition) is 0. The van der Waals surface area contributed by atoms with Crippen molar-refractivity contribution in [1.82, 2.24) is 0 Å². The van der Waals surface area contributed by atoms with E-state index in [-0.39, 0.29) is 0 Å². The monoisotopic (exact) mass is 948 g/mol. The molecule has 4 nitrogen and oxygen atoms in total. The molecule has 14 rings (SSSR count). The van der Waals surface area contributed by atoms with Crippen molar-refractivity contribution in [3.63, 3.8) is 0 Å². The summed E-state index contributed by atoms with van der Waals surface area (Å²) < 4.78 is 12.6. The predicted octanol–water partition coefficient (Wildman–Crippen LogP) is 19.3. The van der Waals surface area contributed by atoms with Crippen LogP contribution in [0.3, 0.4) is 0 Å². The van der Waals surface area contributed by atoms with Crippen molar-refractivity contribution in [3.05, 3.63) is 267 Å². The van der Waals surface area contributed by atoms with Gasteiger partial charge in [-0.2, -0.15) is 0 Å². The van der Waals surface area contributed by atoms with Gasteiger partial charge in [0, 0.05) is 34.1 Å². The Kier molecular flexibility index (Phi) is 10.6. The van der Waals surface area contributed by atoms with Crippen LogP contribution in [0, 0.1) is 0 Å². The smallest absolute Gasteiger partial charge is 0.122 e. The summed E-state index contributed by atoms with van der Waals surface area (Å²) in [5.41, 5.74) is 6.42. The van der Waals surface area contributed by atoms with E-state index in [9.17, 15) is 0 Å². The molecule has 74 heavy (non-hydrogen) atoms. The Hall–Kier alpha value is -9.64. The molecule has 0 radical (unpaired) electrons. The van der Waals surface area contributed by atoms with Gasteiger partial charge in [-0.25, -0.2) is 0 Å². The number of rotatable bonds is 11. The van der Waals surface area contributed by atoms with Crippen molar-refractivity contribution >= 4 is 120 Å². The molecule has 350 valence electrons. The molecule has 0 saturated heterocycles. The fraction of sp³-hybridized carbons (Fsp3) is 0.0286. The van der Waals surface area contributed by atoms with Crippen molar-refractivity contribution < 1.29 is 9.47 Å². The number of benzene rings is 14. The number of anilines is 6. The summed E-state index contributed by atoms with van der Waals surface area (Å²) in [6, 6.07) is 96.4. The van der Waals surface area contributed by atoms with E-state index < -0.39 is 0 Å². The average Bonchev–Trinajstić information content (AvgIpc) is 3.45. The van der Waals surface area contributed by atoms with Crippen LogP contribution < -0.4 is 19.3 Å². The molecule has 0 aromatic heterocycles. The summed E-state index contributed by atoms with van der Waals surface area (Å²) >= 11 is 0. The molecule has 0 unspecified atom stereocenters. The Morgan fingerprint density at radius 3 is 0.635 bits per heavy atom. The quantitative estimate of drug-likeness (QED) is 0.0953. The van der Waals surface area contributed by atoms with Crippen LogP contribution in [-0.4, -0.2) is 13.2 Å². The maximum absolute atomic E-state index is 6.32. The first-order valence-corrected chi connectivity index (χ1v) is 25.4. The Morgan fingerprint density at radius 1 is 0.189 bits per heavy atom. The standard InChI is InChI=1S/C70H48N2O2/c1-5-13-51-39-59-43-65(21-17-55(59)35-47(51)9-1)71(66-22-18-56-36-48-10-2-6-14-52(48)40-60(56)44-66)63-25-29-69(30-26-63)73-33-34-74-70-31-27-64(28-32-70)72(67-23-19-57-37-49-11-3-7-15-53(49)41-61(57)45-67)68-24-20-58-38-50-12-4-8-16-54(50)42-62(58)46-68/h1-32,35-46H,33-34H2. The van der Waals surface area contributed by atoms with E-state index in [1.54, 1.807) is 0 Å². The van der Waals surface area contributed by atoms with Gasteiger partial charge in [0.05, 0.1) is 0 Å². The third-order valence-electron chi connectivity index (χ3n) is 14.6. The van der Waals surface area contributed by atoms with E-state index in [1.807, 2.05) is 0 Å². The topological polar surface area (TPSA) is 24.9 Å². The van der Waals surface area contributed by atoms with E-state index in [1.165, 1.54) is 86.2 Å². The molecule has 0 aliphatic heterocycles. The van der Waals surface area contributed by atoms with Crippen LogP contribution in [0.15, 0.2) is 267 Å². The fourth-order valence-electron chi connectivity index (χ4n) is 10.9. The molecule has 0 N–H and O–H groups in total. The van der Waals surface area contributed by atoms with Gasteiger partial charge in [-0.15, -0.1) is 0 Å². The van der Waals surface area contributed by atoms with Crippen LogP contribution in [-0.2, 0) is 0 Å². The molecule has 0 spiro atoms. The summed E-state index contributed by atoms with van der Waals surface area (Å²) in [6.07, 6.45) is 0. The van der Waals surface area contributed by atoms with Crippen LogP contribution in [0.2, 0.25) is 0 Å². The summed E-state index contributed by atoms with van der Waals surface area (Å²) in [5, 5.41) is 19.5. The normalized spacial score (nSPS) is 11.6. The minimum Gasteiger partial charge on any atom is -0.490 e. The molecule has 0 atom stereocenters. The Morgan fingerprint density at radius 2 is 0.392 bits per heavy atom. The van der Waals surface area contributed by atoms with E-state index >= 15 is 0 Å². The maximum Gasteiger partial charge on any atom is 0.122 e. The van der Waals surface area contributed by atoms with Gasteiger partial charge in [0.1, 0.15) is 24.7 Å². The van der Waals surface area contributed by atoms with Gasteiger partial charge in [0.15, 0.2) is 0 Å². The SMILES string of the molecule is c1ccc2cc3cc(N(c4ccc(OCCOc5ccc(N(c6ccc7cc8ccccc8cc7c6)c6ccc7cc8ccccc8cc7c6)cc5)cc4)c4ccc5cc6ccccc6cc5c4)ccc3cc2c1. The fourth-order valence-corrected chi connectivity index (χ4v) is 10.9. The van der Waals surface area contributed by atoms with Crippen LogP contribution in [0.1, 0.15) is 0 Å². The van der Waals surface area contributed by atoms with Gasteiger partial charge < -0.3 is 19.3 Å². The second-order valence-corrected chi connectivity index (χ2v) is 19.3. The van der Waals surface area contributed by atoms with E-state index in [4.69, 9.17) is 9.47 Å². The summed E-state index contributed by atoms with van der Waals surface area (Å²) in [7, 11) is 0.